The maximum absolute atomic E-state index is 11.7. The Morgan fingerprint density at radius 1 is 1.16 bits per heavy atom. The van der Waals surface area contributed by atoms with Crippen molar-refractivity contribution in [2.75, 3.05) is 6.61 Å². The number of aromatic nitrogens is 1. The zero-order chi connectivity index (χ0) is 17.8. The van der Waals surface area contributed by atoms with Crippen molar-refractivity contribution in [2.45, 2.75) is 20.0 Å². The first-order valence-corrected chi connectivity index (χ1v) is 8.45. The summed E-state index contributed by atoms with van der Waals surface area (Å²) < 4.78 is 10.6. The summed E-state index contributed by atoms with van der Waals surface area (Å²) in [5, 5.41) is 1.65. The van der Waals surface area contributed by atoms with Gasteiger partial charge in [-0.1, -0.05) is 29.8 Å². The van der Waals surface area contributed by atoms with Crippen molar-refractivity contribution in [3.05, 3.63) is 59.8 Å². The highest BCUT2D eigenvalue weighted by atomic mass is 35.5. The minimum Gasteiger partial charge on any atom is -0.479 e. The molecule has 0 fully saturated rings. The van der Waals surface area contributed by atoms with Gasteiger partial charge in [-0.2, -0.15) is 0 Å². The molecule has 0 N–H and O–H groups in total. The highest BCUT2D eigenvalue weighted by Gasteiger charge is 2.16. The Morgan fingerprint density at radius 3 is 2.72 bits per heavy atom. The summed E-state index contributed by atoms with van der Waals surface area (Å²) in [6.45, 7) is 3.75. The molecule has 1 aromatic heterocycles. The number of pyridine rings is 1. The van der Waals surface area contributed by atoms with E-state index < -0.39 is 6.10 Å². The average Bonchev–Trinajstić information content (AvgIpc) is 2.61. The number of hydrogen-bond acceptors (Lipinski definition) is 4. The molecule has 0 spiro atoms. The fourth-order valence-corrected chi connectivity index (χ4v) is 2.87. The minimum atomic E-state index is -0.677. The number of carbonyl (C=O) groups is 1. The first-order chi connectivity index (χ1) is 12.1. The molecule has 3 aromatic rings. The quantitative estimate of drug-likeness (QED) is 0.612. The molecule has 4 nitrogen and oxygen atoms in total. The molecule has 1 heterocycles. The van der Waals surface area contributed by atoms with Gasteiger partial charge >= 0.3 is 5.97 Å². The maximum Gasteiger partial charge on any atom is 0.347 e. The van der Waals surface area contributed by atoms with Crippen molar-refractivity contribution < 1.29 is 14.3 Å². The van der Waals surface area contributed by atoms with Gasteiger partial charge < -0.3 is 9.47 Å². The molecule has 0 bridgehead atoms. The van der Waals surface area contributed by atoms with Crippen LogP contribution in [0.25, 0.3) is 22.0 Å². The standard InChI is InChI=1S/C20H18ClNO3/c1-3-24-20(23)13(2)25-14-8-9-17-15(10-11-22-19(17)12-14)16-6-4-5-7-18(16)21/h4-13H,3H2,1-2H3/t13-/m1/s1. The van der Waals surface area contributed by atoms with Gasteiger partial charge in [0, 0.05) is 28.2 Å². The van der Waals surface area contributed by atoms with Crippen LogP contribution in [0.3, 0.4) is 0 Å². The molecule has 3 rings (SSSR count). The van der Waals surface area contributed by atoms with E-state index in [9.17, 15) is 4.79 Å². The Kier molecular flexibility index (Phi) is 5.19. The van der Waals surface area contributed by atoms with Crippen LogP contribution < -0.4 is 4.74 Å². The molecule has 0 amide bonds. The molecule has 0 radical (unpaired) electrons. The first-order valence-electron chi connectivity index (χ1n) is 8.07. The summed E-state index contributed by atoms with van der Waals surface area (Å²) in [6.07, 6.45) is 1.06. The van der Waals surface area contributed by atoms with Crippen LogP contribution in [0.4, 0.5) is 0 Å². The Bertz CT molecular complexity index is 910. The van der Waals surface area contributed by atoms with Crippen molar-refractivity contribution >= 4 is 28.5 Å². The lowest BCUT2D eigenvalue weighted by molar-refractivity contribution is -0.150. The molecule has 0 aliphatic carbocycles. The third-order valence-electron chi connectivity index (χ3n) is 3.81. The van der Waals surface area contributed by atoms with Crippen molar-refractivity contribution in [1.29, 1.82) is 0 Å². The van der Waals surface area contributed by atoms with Crippen LogP contribution in [-0.4, -0.2) is 23.7 Å². The predicted molar refractivity (Wildman–Crippen MR) is 98.9 cm³/mol. The van der Waals surface area contributed by atoms with Crippen molar-refractivity contribution in [2.24, 2.45) is 0 Å². The van der Waals surface area contributed by atoms with Crippen molar-refractivity contribution in [3.63, 3.8) is 0 Å². The van der Waals surface area contributed by atoms with Gasteiger partial charge in [0.25, 0.3) is 0 Å². The van der Waals surface area contributed by atoms with E-state index >= 15 is 0 Å². The van der Waals surface area contributed by atoms with Crippen LogP contribution in [0.5, 0.6) is 5.75 Å². The molecule has 0 aliphatic rings. The molecule has 128 valence electrons. The molecule has 2 aromatic carbocycles. The number of fused-ring (bicyclic) bond motifs is 1. The minimum absolute atomic E-state index is 0.326. The normalized spacial score (nSPS) is 12.0. The van der Waals surface area contributed by atoms with Gasteiger partial charge in [0.05, 0.1) is 12.1 Å². The van der Waals surface area contributed by atoms with E-state index in [-0.39, 0.29) is 5.97 Å². The van der Waals surface area contributed by atoms with E-state index in [4.69, 9.17) is 21.1 Å². The molecule has 1 atom stereocenters. The number of rotatable bonds is 5. The monoisotopic (exact) mass is 355 g/mol. The fraction of sp³-hybridized carbons (Fsp3) is 0.200. The molecule has 0 saturated carbocycles. The number of hydrogen-bond donors (Lipinski definition) is 0. The zero-order valence-electron chi connectivity index (χ0n) is 14.0. The fourth-order valence-electron chi connectivity index (χ4n) is 2.63. The molecular weight excluding hydrogens is 338 g/mol. The van der Waals surface area contributed by atoms with E-state index in [1.54, 1.807) is 20.0 Å². The lowest BCUT2D eigenvalue weighted by Crippen LogP contribution is -2.26. The summed E-state index contributed by atoms with van der Waals surface area (Å²) >= 11 is 6.33. The van der Waals surface area contributed by atoms with Gasteiger partial charge in [-0.3, -0.25) is 4.98 Å². The molecule has 25 heavy (non-hydrogen) atoms. The zero-order valence-corrected chi connectivity index (χ0v) is 14.8. The second kappa shape index (κ2) is 7.53. The second-order valence-corrected chi connectivity index (χ2v) is 5.94. The Labute approximate surface area is 151 Å². The number of halogens is 1. The van der Waals surface area contributed by atoms with Gasteiger partial charge in [-0.15, -0.1) is 0 Å². The average molecular weight is 356 g/mol. The molecular formula is C20H18ClNO3. The number of carbonyl (C=O) groups excluding carboxylic acids is 1. The number of benzene rings is 2. The molecule has 0 unspecified atom stereocenters. The van der Waals surface area contributed by atoms with Crippen LogP contribution in [-0.2, 0) is 9.53 Å². The first kappa shape index (κ1) is 17.2. The lowest BCUT2D eigenvalue weighted by atomic mass is 10.0. The van der Waals surface area contributed by atoms with Gasteiger partial charge in [-0.05, 0) is 43.7 Å². The van der Waals surface area contributed by atoms with Crippen LogP contribution in [0, 0.1) is 0 Å². The van der Waals surface area contributed by atoms with E-state index in [1.165, 1.54) is 0 Å². The van der Waals surface area contributed by atoms with Crippen molar-refractivity contribution in [1.82, 2.24) is 4.98 Å². The van der Waals surface area contributed by atoms with E-state index in [0.29, 0.717) is 17.4 Å². The highest BCUT2D eigenvalue weighted by molar-refractivity contribution is 6.33. The Morgan fingerprint density at radius 2 is 1.96 bits per heavy atom. The third kappa shape index (κ3) is 3.74. The summed E-state index contributed by atoms with van der Waals surface area (Å²) in [4.78, 5) is 16.1. The van der Waals surface area contributed by atoms with Crippen LogP contribution in [0.1, 0.15) is 13.8 Å². The molecule has 0 aliphatic heterocycles. The van der Waals surface area contributed by atoms with Gasteiger partial charge in [-0.25, -0.2) is 4.79 Å². The smallest absolute Gasteiger partial charge is 0.347 e. The number of nitrogens with zero attached hydrogens (tertiary/aromatic N) is 1. The summed E-state index contributed by atoms with van der Waals surface area (Å²) in [6, 6.07) is 15.2. The maximum atomic E-state index is 11.7. The Hall–Kier alpha value is -2.59. The SMILES string of the molecule is CCOC(=O)[C@@H](C)Oc1ccc2c(-c3ccccc3Cl)ccnc2c1. The highest BCUT2D eigenvalue weighted by Crippen LogP contribution is 2.33. The summed E-state index contributed by atoms with van der Waals surface area (Å²) in [5.41, 5.74) is 2.72. The largest absolute Gasteiger partial charge is 0.479 e. The Balaban J connectivity index is 1.95. The van der Waals surface area contributed by atoms with E-state index in [2.05, 4.69) is 4.98 Å². The molecule has 5 heteroatoms. The van der Waals surface area contributed by atoms with Crippen molar-refractivity contribution in [3.8, 4) is 16.9 Å². The predicted octanol–water partition coefficient (Wildman–Crippen LogP) is 4.89. The third-order valence-corrected chi connectivity index (χ3v) is 4.14. The number of esters is 1. The number of ether oxygens (including phenoxy) is 2. The topological polar surface area (TPSA) is 48.4 Å². The van der Waals surface area contributed by atoms with Gasteiger partial charge in [0.2, 0.25) is 0 Å². The van der Waals surface area contributed by atoms with E-state index in [1.807, 2.05) is 48.5 Å². The van der Waals surface area contributed by atoms with Crippen LogP contribution in [0.2, 0.25) is 5.02 Å². The second-order valence-electron chi connectivity index (χ2n) is 5.53. The summed E-state index contributed by atoms with van der Waals surface area (Å²) in [7, 11) is 0. The van der Waals surface area contributed by atoms with Gasteiger partial charge in [0.1, 0.15) is 5.75 Å². The van der Waals surface area contributed by atoms with E-state index in [0.717, 1.165) is 22.0 Å². The summed E-state index contributed by atoms with van der Waals surface area (Å²) in [5.74, 6) is 0.178. The lowest BCUT2D eigenvalue weighted by Gasteiger charge is -2.14. The molecule has 0 saturated heterocycles. The van der Waals surface area contributed by atoms with Crippen LogP contribution >= 0.6 is 11.6 Å². The van der Waals surface area contributed by atoms with Gasteiger partial charge in [0.15, 0.2) is 6.10 Å². The van der Waals surface area contributed by atoms with Crippen LogP contribution in [0.15, 0.2) is 54.7 Å².